The number of carboxylic acids is 1. The van der Waals surface area contributed by atoms with E-state index < -0.39 is 11.9 Å². The van der Waals surface area contributed by atoms with Crippen molar-refractivity contribution in [2.24, 2.45) is 11.7 Å². The molecule has 0 fully saturated rings. The predicted molar refractivity (Wildman–Crippen MR) is 76.8 cm³/mol. The summed E-state index contributed by atoms with van der Waals surface area (Å²) in [6, 6.07) is 10.2. The van der Waals surface area contributed by atoms with Crippen molar-refractivity contribution >= 4 is 5.97 Å². The van der Waals surface area contributed by atoms with Gasteiger partial charge < -0.3 is 15.9 Å². The zero-order chi connectivity index (χ0) is 14.7. The molecule has 0 radical (unpaired) electrons. The van der Waals surface area contributed by atoms with Gasteiger partial charge in [0.05, 0.1) is 12.5 Å². The Labute approximate surface area is 115 Å². The van der Waals surface area contributed by atoms with Gasteiger partial charge in [-0.15, -0.1) is 0 Å². The topological polar surface area (TPSA) is 83.5 Å². The summed E-state index contributed by atoms with van der Waals surface area (Å²) in [5.74, 6) is -1.45. The number of hydrogen-bond donors (Lipinski definition) is 3. The standard InChI is InChI=1S/C8H11N.C7H14O3/c1-7(9)8-5-3-2-4-6-8;1-2-3-4-6(5-8)7(9)10/h2-7H,9H2,1H3;6,8H,2-5H2,1H3,(H,9,10)/t7-;6-/m11/s1. The minimum Gasteiger partial charge on any atom is -0.481 e. The van der Waals surface area contributed by atoms with E-state index in [-0.39, 0.29) is 12.6 Å². The summed E-state index contributed by atoms with van der Waals surface area (Å²) in [6.07, 6.45) is 2.43. The fourth-order valence-electron chi connectivity index (χ4n) is 1.50. The first-order chi connectivity index (χ1) is 9.02. The van der Waals surface area contributed by atoms with E-state index in [0.717, 1.165) is 12.8 Å². The average molecular weight is 267 g/mol. The summed E-state index contributed by atoms with van der Waals surface area (Å²) in [6.45, 7) is 3.74. The largest absolute Gasteiger partial charge is 0.481 e. The van der Waals surface area contributed by atoms with Crippen LogP contribution >= 0.6 is 0 Å². The van der Waals surface area contributed by atoms with Gasteiger partial charge in [-0.25, -0.2) is 0 Å². The summed E-state index contributed by atoms with van der Waals surface area (Å²) in [5, 5.41) is 17.0. The van der Waals surface area contributed by atoms with Crippen molar-refractivity contribution < 1.29 is 15.0 Å². The minimum atomic E-state index is -0.893. The molecule has 0 aliphatic heterocycles. The van der Waals surface area contributed by atoms with Crippen LogP contribution in [0.4, 0.5) is 0 Å². The molecule has 0 heterocycles. The first-order valence-corrected chi connectivity index (χ1v) is 6.67. The molecule has 4 heteroatoms. The van der Waals surface area contributed by atoms with Crippen LogP contribution in [0, 0.1) is 5.92 Å². The summed E-state index contributed by atoms with van der Waals surface area (Å²) < 4.78 is 0. The van der Waals surface area contributed by atoms with E-state index in [0.29, 0.717) is 6.42 Å². The van der Waals surface area contributed by atoms with Gasteiger partial charge in [0, 0.05) is 6.04 Å². The fourth-order valence-corrected chi connectivity index (χ4v) is 1.50. The Morgan fingerprint density at radius 2 is 1.89 bits per heavy atom. The van der Waals surface area contributed by atoms with E-state index in [4.69, 9.17) is 15.9 Å². The lowest BCUT2D eigenvalue weighted by molar-refractivity contribution is -0.143. The number of aliphatic carboxylic acids is 1. The Hall–Kier alpha value is -1.39. The molecule has 0 saturated carbocycles. The van der Waals surface area contributed by atoms with Gasteiger partial charge in [-0.1, -0.05) is 50.1 Å². The quantitative estimate of drug-likeness (QED) is 0.739. The highest BCUT2D eigenvalue weighted by Crippen LogP contribution is 2.07. The van der Waals surface area contributed by atoms with E-state index in [1.807, 2.05) is 44.2 Å². The number of carbonyl (C=O) groups is 1. The number of aliphatic hydroxyl groups excluding tert-OH is 1. The van der Waals surface area contributed by atoms with Crippen molar-refractivity contribution in [3.05, 3.63) is 35.9 Å². The van der Waals surface area contributed by atoms with Gasteiger partial charge in [0.1, 0.15) is 0 Å². The molecule has 1 aromatic rings. The van der Waals surface area contributed by atoms with Crippen LogP contribution in [0.15, 0.2) is 30.3 Å². The van der Waals surface area contributed by atoms with Crippen LogP contribution in [0.2, 0.25) is 0 Å². The van der Waals surface area contributed by atoms with E-state index in [1.165, 1.54) is 5.56 Å². The maximum absolute atomic E-state index is 10.3. The molecule has 0 bridgehead atoms. The van der Waals surface area contributed by atoms with E-state index in [1.54, 1.807) is 0 Å². The van der Waals surface area contributed by atoms with Crippen molar-refractivity contribution in [1.82, 2.24) is 0 Å². The molecule has 2 atom stereocenters. The number of hydrogen-bond acceptors (Lipinski definition) is 3. The number of aliphatic hydroxyl groups is 1. The van der Waals surface area contributed by atoms with E-state index >= 15 is 0 Å². The Bertz CT molecular complexity index is 339. The maximum atomic E-state index is 10.3. The Kier molecular flexibility index (Phi) is 9.75. The first-order valence-electron chi connectivity index (χ1n) is 6.67. The summed E-state index contributed by atoms with van der Waals surface area (Å²) in [7, 11) is 0. The normalized spacial score (nSPS) is 13.1. The second kappa shape index (κ2) is 10.5. The summed E-state index contributed by atoms with van der Waals surface area (Å²) in [4.78, 5) is 10.3. The van der Waals surface area contributed by atoms with E-state index in [9.17, 15) is 4.79 Å². The van der Waals surface area contributed by atoms with Crippen molar-refractivity contribution in [2.45, 2.75) is 39.2 Å². The van der Waals surface area contributed by atoms with Crippen LogP contribution in [0.3, 0.4) is 0 Å². The molecule has 4 N–H and O–H groups in total. The molecule has 0 saturated heterocycles. The van der Waals surface area contributed by atoms with Crippen LogP contribution in [-0.2, 0) is 4.79 Å². The number of unbranched alkanes of at least 4 members (excludes halogenated alkanes) is 1. The molecule has 1 rings (SSSR count). The third-order valence-electron chi connectivity index (χ3n) is 2.80. The van der Waals surface area contributed by atoms with Gasteiger partial charge >= 0.3 is 5.97 Å². The zero-order valence-electron chi connectivity index (χ0n) is 11.7. The van der Waals surface area contributed by atoms with Gasteiger partial charge in [-0.05, 0) is 18.9 Å². The zero-order valence-corrected chi connectivity index (χ0v) is 11.7. The molecule has 0 aliphatic rings. The smallest absolute Gasteiger partial charge is 0.308 e. The SMILES string of the molecule is CCCC[C@H](CO)C(=O)O.C[C@@H](N)c1ccccc1. The molecule has 4 nitrogen and oxygen atoms in total. The Morgan fingerprint density at radius 1 is 1.32 bits per heavy atom. The Balaban J connectivity index is 0.000000342. The average Bonchev–Trinajstić information content (AvgIpc) is 2.41. The summed E-state index contributed by atoms with van der Waals surface area (Å²) in [5.41, 5.74) is 6.81. The Morgan fingerprint density at radius 3 is 2.21 bits per heavy atom. The van der Waals surface area contributed by atoms with Gasteiger partial charge in [-0.3, -0.25) is 4.79 Å². The second-order valence-electron chi connectivity index (χ2n) is 4.56. The molecule has 0 unspecified atom stereocenters. The fraction of sp³-hybridized carbons (Fsp3) is 0.533. The number of carboxylic acid groups (broad SMARTS) is 1. The molecule has 0 aromatic heterocycles. The monoisotopic (exact) mass is 267 g/mol. The third-order valence-corrected chi connectivity index (χ3v) is 2.80. The number of nitrogens with two attached hydrogens (primary N) is 1. The number of benzene rings is 1. The van der Waals surface area contributed by atoms with Crippen LogP contribution in [0.1, 0.15) is 44.7 Å². The van der Waals surface area contributed by atoms with Gasteiger partial charge in [0.25, 0.3) is 0 Å². The molecule has 1 aromatic carbocycles. The molecule has 0 spiro atoms. The van der Waals surface area contributed by atoms with Crippen molar-refractivity contribution in [1.29, 1.82) is 0 Å². The highest BCUT2D eigenvalue weighted by Gasteiger charge is 2.14. The lowest BCUT2D eigenvalue weighted by atomic mass is 10.0. The van der Waals surface area contributed by atoms with Crippen LogP contribution in [-0.4, -0.2) is 22.8 Å². The highest BCUT2D eigenvalue weighted by atomic mass is 16.4. The van der Waals surface area contributed by atoms with Crippen molar-refractivity contribution in [3.8, 4) is 0 Å². The van der Waals surface area contributed by atoms with Gasteiger partial charge in [0.2, 0.25) is 0 Å². The van der Waals surface area contributed by atoms with Crippen LogP contribution < -0.4 is 5.73 Å². The van der Waals surface area contributed by atoms with Crippen LogP contribution in [0.25, 0.3) is 0 Å². The third kappa shape index (κ3) is 8.35. The predicted octanol–water partition coefficient (Wildman–Crippen LogP) is 2.58. The molecular formula is C15H25NO3. The molecular weight excluding hydrogens is 242 g/mol. The molecule has 108 valence electrons. The minimum absolute atomic E-state index is 0.159. The lowest BCUT2D eigenvalue weighted by Crippen LogP contribution is -2.17. The van der Waals surface area contributed by atoms with Gasteiger partial charge in [0.15, 0.2) is 0 Å². The van der Waals surface area contributed by atoms with E-state index in [2.05, 4.69) is 0 Å². The van der Waals surface area contributed by atoms with Crippen LogP contribution in [0.5, 0.6) is 0 Å². The number of rotatable bonds is 6. The maximum Gasteiger partial charge on any atom is 0.308 e. The summed E-state index contributed by atoms with van der Waals surface area (Å²) >= 11 is 0. The van der Waals surface area contributed by atoms with Crippen molar-refractivity contribution in [2.75, 3.05) is 6.61 Å². The lowest BCUT2D eigenvalue weighted by Gasteiger charge is -2.06. The second-order valence-corrected chi connectivity index (χ2v) is 4.56. The molecule has 19 heavy (non-hydrogen) atoms. The van der Waals surface area contributed by atoms with Crippen molar-refractivity contribution in [3.63, 3.8) is 0 Å². The van der Waals surface area contributed by atoms with Gasteiger partial charge in [-0.2, -0.15) is 0 Å². The highest BCUT2D eigenvalue weighted by molar-refractivity contribution is 5.69. The molecule has 0 aliphatic carbocycles. The molecule has 0 amide bonds. The first kappa shape index (κ1) is 17.6.